The van der Waals surface area contributed by atoms with Gasteiger partial charge in [0.2, 0.25) is 5.82 Å². The maximum Gasteiger partial charge on any atom is 0.311 e. The maximum absolute atomic E-state index is 11.0. The molecule has 18 heavy (non-hydrogen) atoms. The number of nitrogens with zero attached hydrogens (tertiary/aromatic N) is 3. The molecule has 1 N–H and O–H groups in total. The van der Waals surface area contributed by atoms with Gasteiger partial charge < -0.3 is 10.2 Å². The molecule has 6 nitrogen and oxygen atoms in total. The summed E-state index contributed by atoms with van der Waals surface area (Å²) < 4.78 is 0. The van der Waals surface area contributed by atoms with Gasteiger partial charge in [-0.1, -0.05) is 6.92 Å². The number of anilines is 2. The van der Waals surface area contributed by atoms with Crippen LogP contribution in [-0.4, -0.2) is 29.5 Å². The first kappa shape index (κ1) is 14.2. The molecule has 0 spiro atoms. The zero-order valence-corrected chi connectivity index (χ0v) is 11.3. The minimum absolute atomic E-state index is 0.0354. The van der Waals surface area contributed by atoms with Crippen LogP contribution in [0.1, 0.15) is 27.2 Å². The van der Waals surface area contributed by atoms with E-state index in [0.717, 1.165) is 13.0 Å². The Bertz CT molecular complexity index is 421. The Labute approximate surface area is 107 Å². The Morgan fingerprint density at radius 3 is 2.67 bits per heavy atom. The van der Waals surface area contributed by atoms with Gasteiger partial charge in [-0.3, -0.25) is 10.1 Å². The largest absolute Gasteiger partial charge is 0.370 e. The molecule has 100 valence electrons. The minimum atomic E-state index is -0.398. The number of hydrogen-bond acceptors (Lipinski definition) is 5. The van der Waals surface area contributed by atoms with E-state index < -0.39 is 4.92 Å². The molecular weight excluding hydrogens is 232 g/mol. The number of aromatic nitrogens is 1. The number of rotatable bonds is 6. The lowest BCUT2D eigenvalue weighted by Gasteiger charge is -2.22. The molecule has 0 amide bonds. The van der Waals surface area contributed by atoms with E-state index in [2.05, 4.69) is 17.2 Å². The number of nitrogens with one attached hydrogen (secondary N) is 1. The summed E-state index contributed by atoms with van der Waals surface area (Å²) >= 11 is 0. The van der Waals surface area contributed by atoms with Crippen molar-refractivity contribution in [3.63, 3.8) is 0 Å². The van der Waals surface area contributed by atoms with Gasteiger partial charge >= 0.3 is 5.69 Å². The fourth-order valence-electron chi connectivity index (χ4n) is 1.44. The van der Waals surface area contributed by atoms with Crippen LogP contribution < -0.4 is 10.2 Å². The predicted octanol–water partition coefficient (Wildman–Crippen LogP) is 2.66. The Kier molecular flexibility index (Phi) is 4.88. The van der Waals surface area contributed by atoms with E-state index in [1.54, 1.807) is 11.0 Å². The van der Waals surface area contributed by atoms with Crippen molar-refractivity contribution in [3.8, 4) is 0 Å². The second-order valence-corrected chi connectivity index (χ2v) is 4.43. The number of hydrogen-bond donors (Lipinski definition) is 1. The van der Waals surface area contributed by atoms with Gasteiger partial charge in [0.1, 0.15) is 5.82 Å². The second-order valence-electron chi connectivity index (χ2n) is 4.43. The van der Waals surface area contributed by atoms with Crippen LogP contribution in [0.3, 0.4) is 0 Å². The fourth-order valence-corrected chi connectivity index (χ4v) is 1.44. The monoisotopic (exact) mass is 252 g/mol. The number of pyridine rings is 1. The van der Waals surface area contributed by atoms with Crippen molar-refractivity contribution in [2.24, 2.45) is 0 Å². The van der Waals surface area contributed by atoms with Gasteiger partial charge in [0, 0.05) is 25.7 Å². The van der Waals surface area contributed by atoms with Gasteiger partial charge in [0.15, 0.2) is 0 Å². The standard InChI is InChI=1S/C12H20N4O2/c1-5-8-13-11-7-6-10(16(17)18)12(14-11)15(4)9(2)3/h6-7,9H,5,8H2,1-4H3,(H,13,14). The molecule has 0 aliphatic rings. The van der Waals surface area contributed by atoms with Gasteiger partial charge in [0.25, 0.3) is 0 Å². The molecule has 6 heteroatoms. The van der Waals surface area contributed by atoms with Crippen molar-refractivity contribution in [2.45, 2.75) is 33.2 Å². The van der Waals surface area contributed by atoms with E-state index in [9.17, 15) is 10.1 Å². The van der Waals surface area contributed by atoms with E-state index in [1.165, 1.54) is 6.07 Å². The molecular formula is C12H20N4O2. The molecule has 0 aromatic carbocycles. The molecule has 0 bridgehead atoms. The summed E-state index contributed by atoms with van der Waals surface area (Å²) in [4.78, 5) is 16.7. The lowest BCUT2D eigenvalue weighted by Crippen LogP contribution is -2.27. The Morgan fingerprint density at radius 2 is 2.17 bits per heavy atom. The van der Waals surface area contributed by atoms with Crippen LogP contribution in [-0.2, 0) is 0 Å². The van der Waals surface area contributed by atoms with Crippen molar-refractivity contribution in [3.05, 3.63) is 22.2 Å². The van der Waals surface area contributed by atoms with Crippen LogP contribution in [0, 0.1) is 10.1 Å². The van der Waals surface area contributed by atoms with Gasteiger partial charge in [-0.25, -0.2) is 4.98 Å². The SMILES string of the molecule is CCCNc1ccc([N+](=O)[O-])c(N(C)C(C)C)n1. The quantitative estimate of drug-likeness (QED) is 0.622. The zero-order chi connectivity index (χ0) is 13.7. The van der Waals surface area contributed by atoms with Crippen LogP contribution in [0.2, 0.25) is 0 Å². The molecule has 1 heterocycles. The second kappa shape index (κ2) is 6.18. The van der Waals surface area contributed by atoms with E-state index in [4.69, 9.17) is 0 Å². The summed E-state index contributed by atoms with van der Waals surface area (Å²) in [5, 5.41) is 14.1. The Balaban J connectivity index is 3.11. The first-order chi connectivity index (χ1) is 8.47. The molecule has 0 aliphatic heterocycles. The van der Waals surface area contributed by atoms with E-state index >= 15 is 0 Å². The van der Waals surface area contributed by atoms with E-state index in [1.807, 2.05) is 20.9 Å². The molecule has 0 radical (unpaired) electrons. The third-order valence-corrected chi connectivity index (χ3v) is 2.72. The van der Waals surface area contributed by atoms with Crippen molar-refractivity contribution >= 4 is 17.3 Å². The summed E-state index contributed by atoms with van der Waals surface area (Å²) in [6.07, 6.45) is 0.980. The van der Waals surface area contributed by atoms with Crippen molar-refractivity contribution < 1.29 is 4.92 Å². The molecule has 0 saturated carbocycles. The normalized spacial score (nSPS) is 10.5. The summed E-state index contributed by atoms with van der Waals surface area (Å²) in [6.45, 7) is 6.80. The van der Waals surface area contributed by atoms with E-state index in [0.29, 0.717) is 11.6 Å². The van der Waals surface area contributed by atoms with Crippen molar-refractivity contribution in [2.75, 3.05) is 23.8 Å². The smallest absolute Gasteiger partial charge is 0.311 e. The van der Waals surface area contributed by atoms with Gasteiger partial charge in [-0.15, -0.1) is 0 Å². The molecule has 1 aromatic rings. The highest BCUT2D eigenvalue weighted by atomic mass is 16.6. The molecule has 0 aliphatic carbocycles. The molecule has 1 rings (SSSR count). The third-order valence-electron chi connectivity index (χ3n) is 2.72. The summed E-state index contributed by atoms with van der Waals surface area (Å²) in [7, 11) is 1.81. The summed E-state index contributed by atoms with van der Waals surface area (Å²) in [5.41, 5.74) is 0.0354. The highest BCUT2D eigenvalue weighted by Gasteiger charge is 2.21. The van der Waals surface area contributed by atoms with Crippen LogP contribution in [0.4, 0.5) is 17.3 Å². The van der Waals surface area contributed by atoms with Gasteiger partial charge in [-0.05, 0) is 26.3 Å². The summed E-state index contributed by atoms with van der Waals surface area (Å²) in [5.74, 6) is 1.07. The topological polar surface area (TPSA) is 71.3 Å². The molecule has 0 fully saturated rings. The first-order valence-corrected chi connectivity index (χ1v) is 6.09. The van der Waals surface area contributed by atoms with Crippen LogP contribution >= 0.6 is 0 Å². The van der Waals surface area contributed by atoms with Crippen LogP contribution in [0.15, 0.2) is 12.1 Å². The van der Waals surface area contributed by atoms with Gasteiger partial charge in [-0.2, -0.15) is 0 Å². The highest BCUT2D eigenvalue weighted by Crippen LogP contribution is 2.27. The summed E-state index contributed by atoms with van der Waals surface area (Å²) in [6, 6.07) is 3.29. The van der Waals surface area contributed by atoms with E-state index in [-0.39, 0.29) is 11.7 Å². The van der Waals surface area contributed by atoms with Gasteiger partial charge in [0.05, 0.1) is 4.92 Å². The maximum atomic E-state index is 11.0. The minimum Gasteiger partial charge on any atom is -0.370 e. The van der Waals surface area contributed by atoms with Crippen molar-refractivity contribution in [1.29, 1.82) is 0 Å². The lowest BCUT2D eigenvalue weighted by atomic mass is 10.3. The lowest BCUT2D eigenvalue weighted by molar-refractivity contribution is -0.384. The van der Waals surface area contributed by atoms with Crippen LogP contribution in [0.5, 0.6) is 0 Å². The Morgan fingerprint density at radius 1 is 1.50 bits per heavy atom. The average Bonchev–Trinajstić information content (AvgIpc) is 2.34. The van der Waals surface area contributed by atoms with Crippen LogP contribution in [0.25, 0.3) is 0 Å². The zero-order valence-electron chi connectivity index (χ0n) is 11.3. The fraction of sp³-hybridized carbons (Fsp3) is 0.583. The third kappa shape index (κ3) is 3.32. The Hall–Kier alpha value is -1.85. The van der Waals surface area contributed by atoms with Crippen molar-refractivity contribution in [1.82, 2.24) is 4.98 Å². The number of nitro groups is 1. The highest BCUT2D eigenvalue weighted by molar-refractivity contribution is 5.61. The molecule has 0 atom stereocenters. The first-order valence-electron chi connectivity index (χ1n) is 6.09. The molecule has 0 unspecified atom stereocenters. The molecule has 1 aromatic heterocycles. The molecule has 0 saturated heterocycles. The predicted molar refractivity (Wildman–Crippen MR) is 73.2 cm³/mol. The average molecular weight is 252 g/mol.